The molecule has 0 saturated heterocycles. The fraction of sp³-hybridized carbons (Fsp3) is 0.140. The van der Waals surface area contributed by atoms with E-state index in [1.807, 2.05) is 91.0 Å². The summed E-state index contributed by atoms with van der Waals surface area (Å²) in [5, 5.41) is 41.9. The van der Waals surface area contributed by atoms with Crippen LogP contribution in [-0.4, -0.2) is 31.0 Å². The van der Waals surface area contributed by atoms with Crippen LogP contribution >= 0.6 is 0 Å². The second-order valence-electron chi connectivity index (χ2n) is 12.4. The van der Waals surface area contributed by atoms with E-state index in [0.717, 1.165) is 56.5 Å². The first-order valence-corrected chi connectivity index (χ1v) is 17.3. The van der Waals surface area contributed by atoms with Gasteiger partial charge in [0.25, 0.3) is 0 Å². The highest BCUT2D eigenvalue weighted by molar-refractivity contribution is 5.74. The van der Waals surface area contributed by atoms with Crippen molar-refractivity contribution in [1.29, 1.82) is 0 Å². The van der Waals surface area contributed by atoms with Gasteiger partial charge < -0.3 is 30.9 Å². The maximum atomic E-state index is 11.3. The number of ether oxygens (including phenoxy) is 2. The fourth-order valence-corrected chi connectivity index (χ4v) is 6.24. The van der Waals surface area contributed by atoms with Crippen molar-refractivity contribution in [3.63, 3.8) is 0 Å². The summed E-state index contributed by atoms with van der Waals surface area (Å²) in [5.74, 6) is 1.39. The molecule has 2 atom stereocenters. The first kappa shape index (κ1) is 39.3. The molecule has 0 fully saturated rings. The summed E-state index contributed by atoms with van der Waals surface area (Å²) in [7, 11) is 3.21. The molecule has 0 aliphatic rings. The molecular weight excluding hydrogens is 684 g/mol. The van der Waals surface area contributed by atoms with Gasteiger partial charge in [-0.1, -0.05) is 84.9 Å². The zero-order valence-electron chi connectivity index (χ0n) is 30.1. The molecule has 7 N–H and O–H groups in total. The lowest BCUT2D eigenvalue weighted by Crippen LogP contribution is -2.99. The van der Waals surface area contributed by atoms with Crippen molar-refractivity contribution in [1.82, 2.24) is 5.32 Å². The molecule has 11 nitrogen and oxygen atoms in total. The molecule has 6 rings (SSSR count). The average Bonchev–Trinajstić information content (AvgIpc) is 3.21. The van der Waals surface area contributed by atoms with E-state index < -0.39 is 10.5 Å². The minimum Gasteiger partial charge on any atom is -0.595 e. The molecule has 278 valence electrons. The van der Waals surface area contributed by atoms with Crippen LogP contribution in [0.4, 0.5) is 11.4 Å². The lowest BCUT2D eigenvalue weighted by Gasteiger charge is -2.15. The number of hydrogen-bond donors (Lipinski definition) is 6. The van der Waals surface area contributed by atoms with E-state index in [0.29, 0.717) is 37.4 Å². The Labute approximate surface area is 314 Å². The van der Waals surface area contributed by atoms with Gasteiger partial charge in [0.05, 0.1) is 14.2 Å². The standard InChI is InChI=1S/C22H22N2O4.C21H22N2O3/c1-28-22-10-9-16(11-17-5-2-3-6-19(17)14-23-15-25)12-21(22)18-7-4-8-20(13-18)24(26)27;1-26-21-10-9-15(11-16-5-2-3-6-18(16)14-22)12-20(21)17-7-4-8-19(13-17)23(24)25/h2-10,12-13,15,24,26H,11,14H2,1H3,(H,23,25);2-10,12-13,23-24H,11,14,22H2,1H3. The van der Waals surface area contributed by atoms with E-state index in [1.165, 1.54) is 5.56 Å². The van der Waals surface area contributed by atoms with Crippen LogP contribution in [0, 0.1) is 10.4 Å². The predicted molar refractivity (Wildman–Crippen MR) is 208 cm³/mol. The molecule has 0 spiro atoms. The Hall–Kier alpha value is -5.89. The highest BCUT2D eigenvalue weighted by atomic mass is 16.8. The molecule has 0 radical (unpaired) electrons. The summed E-state index contributed by atoms with van der Waals surface area (Å²) in [6, 6.07) is 41.7. The van der Waals surface area contributed by atoms with Gasteiger partial charge in [-0.05, 0) is 81.6 Å². The van der Waals surface area contributed by atoms with Crippen molar-refractivity contribution < 1.29 is 35.1 Å². The second-order valence-corrected chi connectivity index (χ2v) is 12.4. The molecule has 6 aromatic carbocycles. The van der Waals surface area contributed by atoms with E-state index in [2.05, 4.69) is 11.4 Å². The third-order valence-electron chi connectivity index (χ3n) is 8.99. The topological polar surface area (TPSA) is 169 Å². The van der Waals surface area contributed by atoms with E-state index in [-0.39, 0.29) is 11.4 Å². The molecular formula is C43H44N4O7. The molecule has 0 bridgehead atoms. The highest BCUT2D eigenvalue weighted by Crippen LogP contribution is 2.34. The first-order valence-electron chi connectivity index (χ1n) is 17.3. The van der Waals surface area contributed by atoms with Crippen molar-refractivity contribution in [2.75, 3.05) is 14.2 Å². The van der Waals surface area contributed by atoms with Crippen molar-refractivity contribution in [2.45, 2.75) is 25.9 Å². The number of nitrogens with one attached hydrogen (secondary N) is 3. The molecule has 0 aliphatic heterocycles. The Balaban J connectivity index is 0.000000208. The Morgan fingerprint density at radius 3 is 1.48 bits per heavy atom. The zero-order valence-corrected chi connectivity index (χ0v) is 30.1. The third kappa shape index (κ3) is 10.2. The molecule has 0 aromatic heterocycles. The molecule has 2 unspecified atom stereocenters. The average molecular weight is 729 g/mol. The van der Waals surface area contributed by atoms with E-state index in [9.17, 15) is 25.6 Å². The van der Waals surface area contributed by atoms with Crippen LogP contribution in [0.15, 0.2) is 133 Å². The van der Waals surface area contributed by atoms with Crippen LogP contribution in [0.3, 0.4) is 0 Å². The largest absolute Gasteiger partial charge is 0.595 e. The number of carbonyl (C=O) groups is 1. The number of rotatable bonds is 14. The van der Waals surface area contributed by atoms with Gasteiger partial charge in [-0.15, -0.1) is 0 Å². The molecule has 0 aliphatic carbocycles. The Bertz CT molecular complexity index is 2160. The molecule has 6 aromatic rings. The van der Waals surface area contributed by atoms with Gasteiger partial charge in [-0.2, -0.15) is 10.5 Å². The number of quaternary nitrogens is 2. The molecule has 1 amide bonds. The van der Waals surface area contributed by atoms with Crippen LogP contribution in [0.5, 0.6) is 11.5 Å². The van der Waals surface area contributed by atoms with Crippen LogP contribution < -0.4 is 31.0 Å². The molecule has 11 heteroatoms. The Morgan fingerprint density at radius 1 is 0.611 bits per heavy atom. The predicted octanol–water partition coefficient (Wildman–Crippen LogP) is 5.42. The van der Waals surface area contributed by atoms with E-state index in [4.69, 9.17) is 15.2 Å². The molecule has 0 heterocycles. The lowest BCUT2D eigenvalue weighted by molar-refractivity contribution is -0.991. The van der Waals surface area contributed by atoms with Gasteiger partial charge in [0.15, 0.2) is 11.4 Å². The highest BCUT2D eigenvalue weighted by Gasteiger charge is 2.13. The minimum atomic E-state index is -0.964. The summed E-state index contributed by atoms with van der Waals surface area (Å²) in [6.45, 7) is 0.975. The zero-order chi connectivity index (χ0) is 38.5. The van der Waals surface area contributed by atoms with E-state index in [1.54, 1.807) is 50.6 Å². The SMILES string of the molecule is COc1ccc(Cc2ccccc2CN)cc1-c1cccc([NH+]([O-])O)c1.COc1ccc(Cc2ccccc2CNC=O)cc1-c1cccc([NH+]([O-])O)c1. The summed E-state index contributed by atoms with van der Waals surface area (Å²) in [5.41, 5.74) is 16.3. The fourth-order valence-electron chi connectivity index (χ4n) is 6.24. The quantitative estimate of drug-likeness (QED) is 0.0639. The molecule has 54 heavy (non-hydrogen) atoms. The summed E-state index contributed by atoms with van der Waals surface area (Å²) in [6.07, 6.45) is 2.13. The normalized spacial score (nSPS) is 11.8. The summed E-state index contributed by atoms with van der Waals surface area (Å²) in [4.78, 5) is 10.6. The summed E-state index contributed by atoms with van der Waals surface area (Å²) < 4.78 is 11.0. The van der Waals surface area contributed by atoms with Gasteiger partial charge in [0.2, 0.25) is 6.41 Å². The van der Waals surface area contributed by atoms with Crippen molar-refractivity contribution in [2.24, 2.45) is 5.73 Å². The number of carbonyl (C=O) groups excluding carboxylic acids is 1. The monoisotopic (exact) mass is 728 g/mol. The smallest absolute Gasteiger partial charge is 0.207 e. The van der Waals surface area contributed by atoms with Gasteiger partial charge in [0.1, 0.15) is 11.5 Å². The number of methoxy groups -OCH3 is 2. The van der Waals surface area contributed by atoms with Gasteiger partial charge in [0, 0.05) is 48.5 Å². The van der Waals surface area contributed by atoms with Crippen molar-refractivity contribution >= 4 is 17.8 Å². The maximum absolute atomic E-state index is 11.3. The second kappa shape index (κ2) is 19.3. The third-order valence-corrected chi connectivity index (χ3v) is 8.99. The number of amides is 1. The minimum absolute atomic E-state index is 0.232. The number of hydrogen-bond acceptors (Lipinski definition) is 8. The van der Waals surface area contributed by atoms with Gasteiger partial charge >= 0.3 is 0 Å². The van der Waals surface area contributed by atoms with Crippen LogP contribution in [-0.2, 0) is 30.7 Å². The Kier molecular flexibility index (Phi) is 14.0. The van der Waals surface area contributed by atoms with Crippen molar-refractivity contribution in [3.05, 3.63) is 177 Å². The van der Waals surface area contributed by atoms with Crippen LogP contribution in [0.25, 0.3) is 22.3 Å². The number of benzene rings is 6. The maximum Gasteiger partial charge on any atom is 0.207 e. The van der Waals surface area contributed by atoms with Crippen LogP contribution in [0.1, 0.15) is 33.4 Å². The molecule has 0 saturated carbocycles. The number of nitrogens with two attached hydrogens (primary N) is 1. The lowest BCUT2D eigenvalue weighted by atomic mass is 9.96. The van der Waals surface area contributed by atoms with Crippen molar-refractivity contribution in [3.8, 4) is 33.8 Å². The van der Waals surface area contributed by atoms with Gasteiger partial charge in [-0.3, -0.25) is 4.79 Å². The first-order chi connectivity index (χ1) is 26.2. The Morgan fingerprint density at radius 2 is 1.06 bits per heavy atom. The van der Waals surface area contributed by atoms with E-state index >= 15 is 0 Å². The summed E-state index contributed by atoms with van der Waals surface area (Å²) >= 11 is 0. The van der Waals surface area contributed by atoms with Gasteiger partial charge in [-0.25, -0.2) is 10.4 Å². The van der Waals surface area contributed by atoms with Crippen LogP contribution in [0.2, 0.25) is 0 Å².